The van der Waals surface area contributed by atoms with E-state index in [4.69, 9.17) is 9.57 Å². The van der Waals surface area contributed by atoms with E-state index in [0.717, 1.165) is 36.9 Å². The number of hydroxylamine groups is 2. The predicted octanol–water partition coefficient (Wildman–Crippen LogP) is 3.00. The lowest BCUT2D eigenvalue weighted by Crippen LogP contribution is -2.55. The summed E-state index contributed by atoms with van der Waals surface area (Å²) in [5.41, 5.74) is 1.67. The number of nitrogens with one attached hydrogen (secondary N) is 1. The minimum Gasteiger partial charge on any atom is -0.481 e. The van der Waals surface area contributed by atoms with E-state index in [2.05, 4.69) is 15.3 Å². The number of carbonyl (C=O) groups excluding carboxylic acids is 3. The second kappa shape index (κ2) is 13.8. The number of unbranched alkanes of at least 4 members (excludes halogenated alkanes) is 1. The molecule has 1 aliphatic heterocycles. The number of carboxylic acid groups (broad SMARTS) is 1. The van der Waals surface area contributed by atoms with Gasteiger partial charge in [-0.3, -0.25) is 14.4 Å². The second-order valence-corrected chi connectivity index (χ2v) is 9.90. The Hall–Kier alpha value is -4.06. The monoisotopic (exact) mass is 553 g/mol. The van der Waals surface area contributed by atoms with Crippen LogP contribution in [0.15, 0.2) is 36.4 Å². The molecule has 1 aliphatic carbocycles. The van der Waals surface area contributed by atoms with Gasteiger partial charge in [-0.1, -0.05) is 43.7 Å². The zero-order valence-electron chi connectivity index (χ0n) is 22.6. The van der Waals surface area contributed by atoms with Crippen LogP contribution >= 0.6 is 0 Å². The summed E-state index contributed by atoms with van der Waals surface area (Å²) in [7, 11) is 0. The third kappa shape index (κ3) is 8.22. The summed E-state index contributed by atoms with van der Waals surface area (Å²) in [4.78, 5) is 65.7. The largest absolute Gasteiger partial charge is 0.527 e. The lowest BCUT2D eigenvalue weighted by Gasteiger charge is -2.35. The fourth-order valence-electron chi connectivity index (χ4n) is 4.30. The van der Waals surface area contributed by atoms with Gasteiger partial charge in [0.2, 0.25) is 5.91 Å². The standard InChI is InChI=1S/C28H35N5O7/c1-2-3-17-39-28(38)40-33-15-13-32(14-16-33)27(37)21(11-12-24(34)35)31-26(36)23-18-22(19-9-10-19)29-25(30-23)20-7-5-4-6-8-20/h4-8,18-19,21H,2-3,9-17H2,1H3,(H,31,36)(H,34,35)/t21-/m0/s1. The van der Waals surface area contributed by atoms with E-state index < -0.39 is 30.0 Å². The Bertz CT molecular complexity index is 1200. The Morgan fingerprint density at radius 3 is 2.45 bits per heavy atom. The number of nitrogens with zero attached hydrogens (tertiary/aromatic N) is 4. The number of ether oxygens (including phenoxy) is 1. The van der Waals surface area contributed by atoms with Gasteiger partial charge in [-0.05, 0) is 31.7 Å². The van der Waals surface area contributed by atoms with Crippen LogP contribution in [0, 0.1) is 0 Å². The molecule has 1 aromatic heterocycles. The van der Waals surface area contributed by atoms with Crippen molar-refractivity contribution in [2.45, 2.75) is 57.4 Å². The topological polar surface area (TPSA) is 151 Å². The first-order valence-electron chi connectivity index (χ1n) is 13.7. The number of aliphatic carboxylic acids is 1. The van der Waals surface area contributed by atoms with Crippen molar-refractivity contribution >= 4 is 23.9 Å². The van der Waals surface area contributed by atoms with Crippen molar-refractivity contribution in [2.24, 2.45) is 0 Å². The first-order chi connectivity index (χ1) is 19.3. The second-order valence-electron chi connectivity index (χ2n) is 9.90. The van der Waals surface area contributed by atoms with E-state index in [1.165, 1.54) is 9.96 Å². The summed E-state index contributed by atoms with van der Waals surface area (Å²) in [6, 6.07) is 9.92. The fourth-order valence-corrected chi connectivity index (χ4v) is 4.30. The van der Waals surface area contributed by atoms with E-state index in [-0.39, 0.29) is 57.2 Å². The number of hydrogen-bond donors (Lipinski definition) is 2. The average molecular weight is 554 g/mol. The molecule has 4 rings (SSSR count). The summed E-state index contributed by atoms with van der Waals surface area (Å²) < 4.78 is 5.00. The minimum absolute atomic E-state index is 0.0769. The van der Waals surface area contributed by atoms with Gasteiger partial charge in [-0.25, -0.2) is 14.8 Å². The Morgan fingerprint density at radius 2 is 1.80 bits per heavy atom. The highest BCUT2D eigenvalue weighted by atomic mass is 16.8. The van der Waals surface area contributed by atoms with Crippen molar-refractivity contribution < 1.29 is 33.9 Å². The fraction of sp³-hybridized carbons (Fsp3) is 0.500. The summed E-state index contributed by atoms with van der Waals surface area (Å²) >= 11 is 0. The molecule has 1 aromatic carbocycles. The number of aromatic nitrogens is 2. The molecule has 214 valence electrons. The highest BCUT2D eigenvalue weighted by Crippen LogP contribution is 2.39. The van der Waals surface area contributed by atoms with Crippen molar-refractivity contribution in [1.29, 1.82) is 0 Å². The summed E-state index contributed by atoms with van der Waals surface area (Å²) in [6.07, 6.45) is 2.44. The molecule has 1 saturated heterocycles. The van der Waals surface area contributed by atoms with Gasteiger partial charge in [0.1, 0.15) is 11.7 Å². The molecule has 2 fully saturated rings. The number of benzene rings is 1. The molecule has 2 heterocycles. The molecule has 0 unspecified atom stereocenters. The summed E-state index contributed by atoms with van der Waals surface area (Å²) in [6.45, 7) is 3.24. The quantitative estimate of drug-likeness (QED) is 0.296. The molecular weight excluding hydrogens is 518 g/mol. The maximum absolute atomic E-state index is 13.4. The number of carboxylic acids is 1. The third-order valence-corrected chi connectivity index (χ3v) is 6.73. The normalized spacial score (nSPS) is 16.2. The highest BCUT2D eigenvalue weighted by molar-refractivity contribution is 5.96. The van der Waals surface area contributed by atoms with Gasteiger partial charge in [0.15, 0.2) is 5.82 Å². The van der Waals surface area contributed by atoms with Crippen LogP contribution < -0.4 is 5.32 Å². The summed E-state index contributed by atoms with van der Waals surface area (Å²) in [5.74, 6) is -1.35. The SMILES string of the molecule is CCCCOC(=O)ON1CCN(C(=O)[C@H](CCC(=O)O)NC(=O)c2cc(C3CC3)nc(-c3ccccc3)n2)CC1. The van der Waals surface area contributed by atoms with Crippen molar-refractivity contribution in [2.75, 3.05) is 32.8 Å². The van der Waals surface area contributed by atoms with Gasteiger partial charge in [0.05, 0.1) is 19.7 Å². The van der Waals surface area contributed by atoms with Gasteiger partial charge in [-0.2, -0.15) is 0 Å². The first kappa shape index (κ1) is 28.9. The maximum Gasteiger partial charge on any atom is 0.527 e. The Kier molecular flexibility index (Phi) is 10.0. The van der Waals surface area contributed by atoms with Crippen LogP contribution in [0.3, 0.4) is 0 Å². The Balaban J connectivity index is 1.42. The van der Waals surface area contributed by atoms with Gasteiger partial charge in [-0.15, -0.1) is 5.06 Å². The molecule has 2 amide bonds. The van der Waals surface area contributed by atoms with Crippen molar-refractivity contribution in [3.05, 3.63) is 47.8 Å². The highest BCUT2D eigenvalue weighted by Gasteiger charge is 2.32. The molecule has 0 spiro atoms. The average Bonchev–Trinajstić information content (AvgIpc) is 3.81. The van der Waals surface area contributed by atoms with Crippen LogP contribution in [0.25, 0.3) is 11.4 Å². The number of hydrogen-bond acceptors (Lipinski definition) is 9. The molecule has 2 N–H and O–H groups in total. The van der Waals surface area contributed by atoms with Crippen LogP contribution in [-0.4, -0.2) is 87.8 Å². The van der Waals surface area contributed by atoms with Gasteiger partial charge < -0.3 is 24.9 Å². The van der Waals surface area contributed by atoms with E-state index in [9.17, 15) is 24.3 Å². The van der Waals surface area contributed by atoms with E-state index in [0.29, 0.717) is 5.82 Å². The predicted molar refractivity (Wildman–Crippen MR) is 143 cm³/mol. The molecule has 1 saturated carbocycles. The van der Waals surface area contributed by atoms with Gasteiger partial charge in [0, 0.05) is 36.7 Å². The summed E-state index contributed by atoms with van der Waals surface area (Å²) in [5, 5.41) is 13.4. The molecular formula is C28H35N5O7. The van der Waals surface area contributed by atoms with Crippen molar-refractivity contribution in [3.63, 3.8) is 0 Å². The Labute approximate surface area is 232 Å². The molecule has 12 heteroatoms. The molecule has 0 bridgehead atoms. The zero-order valence-corrected chi connectivity index (χ0v) is 22.6. The first-order valence-corrected chi connectivity index (χ1v) is 13.7. The van der Waals surface area contributed by atoms with Crippen LogP contribution in [0.1, 0.15) is 67.5 Å². The number of piperazine rings is 1. The minimum atomic E-state index is -1.07. The van der Waals surface area contributed by atoms with Crippen molar-refractivity contribution in [1.82, 2.24) is 25.2 Å². The molecule has 0 radical (unpaired) electrons. The van der Waals surface area contributed by atoms with E-state index >= 15 is 0 Å². The van der Waals surface area contributed by atoms with Crippen LogP contribution in [0.2, 0.25) is 0 Å². The van der Waals surface area contributed by atoms with E-state index in [1.54, 1.807) is 6.07 Å². The molecule has 2 aliphatic rings. The van der Waals surface area contributed by atoms with Crippen LogP contribution in [0.4, 0.5) is 4.79 Å². The van der Waals surface area contributed by atoms with E-state index in [1.807, 2.05) is 37.3 Å². The molecule has 2 aromatic rings. The molecule has 40 heavy (non-hydrogen) atoms. The van der Waals surface area contributed by atoms with Crippen LogP contribution in [0.5, 0.6) is 0 Å². The zero-order chi connectivity index (χ0) is 28.5. The lowest BCUT2D eigenvalue weighted by atomic mass is 10.1. The molecule has 12 nitrogen and oxygen atoms in total. The molecule has 1 atom stereocenters. The number of rotatable bonds is 12. The maximum atomic E-state index is 13.4. The van der Waals surface area contributed by atoms with Gasteiger partial charge >= 0.3 is 12.1 Å². The van der Waals surface area contributed by atoms with Gasteiger partial charge in [0.25, 0.3) is 5.91 Å². The van der Waals surface area contributed by atoms with Crippen LogP contribution in [-0.2, 0) is 19.2 Å². The smallest absolute Gasteiger partial charge is 0.481 e. The third-order valence-electron chi connectivity index (χ3n) is 6.73. The lowest BCUT2D eigenvalue weighted by molar-refractivity contribution is -0.158. The number of amides is 2. The van der Waals surface area contributed by atoms with Crippen molar-refractivity contribution in [3.8, 4) is 11.4 Å². The number of carbonyl (C=O) groups is 4. The Morgan fingerprint density at radius 1 is 1.07 bits per heavy atom.